The van der Waals surface area contributed by atoms with Crippen LogP contribution in [0.5, 0.6) is 0 Å². The molecule has 1 saturated heterocycles. The number of hydrogen-bond donors (Lipinski definition) is 0. The number of benzene rings is 1. The van der Waals surface area contributed by atoms with Gasteiger partial charge in [-0.15, -0.1) is 0 Å². The normalized spacial score (nSPS) is 31.1. The van der Waals surface area contributed by atoms with Crippen LogP contribution in [0.1, 0.15) is 30.4 Å². The van der Waals surface area contributed by atoms with Crippen LogP contribution < -0.4 is 0 Å². The molecule has 1 aliphatic heterocycles. The molecule has 142 valence electrons. The number of piperidine rings is 1. The van der Waals surface area contributed by atoms with Gasteiger partial charge in [-0.2, -0.15) is 26.2 Å². The Labute approximate surface area is 154 Å². The quantitative estimate of drug-likeness (QED) is 0.398. The lowest BCUT2D eigenvalue weighted by atomic mass is 9.82. The Morgan fingerprint density at radius 3 is 2.48 bits per heavy atom. The molecule has 2 rings (SSSR count). The molecule has 4 unspecified atom stereocenters. The van der Waals surface area contributed by atoms with Gasteiger partial charge in [-0.25, -0.2) is 0 Å². The number of likely N-dealkylation sites (tertiary alicyclic amines) is 1. The molecule has 0 aromatic heterocycles. The summed E-state index contributed by atoms with van der Waals surface area (Å²) < 4.78 is 65.3. The average Bonchev–Trinajstić information content (AvgIpc) is 2.47. The summed E-state index contributed by atoms with van der Waals surface area (Å²) in [6.07, 6.45) is 0.696. The Balaban J connectivity index is 2.37. The molecule has 0 N–H and O–H groups in total. The molecule has 0 saturated carbocycles. The molecule has 0 bridgehead atoms. The Bertz CT molecular complexity index is 726. The van der Waals surface area contributed by atoms with Gasteiger partial charge in [-0.05, 0) is 18.9 Å². The van der Waals surface area contributed by atoms with Crippen molar-refractivity contribution < 1.29 is 30.5 Å². The van der Waals surface area contributed by atoms with Crippen LogP contribution in [0.2, 0.25) is 0 Å². The second-order valence-corrected chi connectivity index (χ2v) is 9.35. The molecule has 4 atom stereocenters. The van der Waals surface area contributed by atoms with Gasteiger partial charge < -0.3 is 0 Å². The second-order valence-electron chi connectivity index (χ2n) is 6.77. The standard InChI is InChI=1S/C16H22BrF3NO3S/c1-4-12-9-21(3,24-25(22,23)16(18,19)20)10-14(15(12)17)13-7-5-6-11(2)8-13/h5-8,12,14-15H,4,9-10H2,1-3H3/q+1. The zero-order chi connectivity index (χ0) is 19.0. The minimum atomic E-state index is -5.66. The molecular weight excluding hydrogens is 423 g/mol. The van der Waals surface area contributed by atoms with Crippen LogP contribution in [-0.4, -0.2) is 43.5 Å². The van der Waals surface area contributed by atoms with Crippen molar-refractivity contribution in [1.29, 1.82) is 0 Å². The summed E-state index contributed by atoms with van der Waals surface area (Å²) in [6.45, 7) is 4.18. The van der Waals surface area contributed by atoms with E-state index in [0.29, 0.717) is 6.42 Å². The van der Waals surface area contributed by atoms with Crippen LogP contribution >= 0.6 is 15.9 Å². The molecule has 1 heterocycles. The fraction of sp³-hybridized carbons (Fsp3) is 0.625. The third-order valence-corrected chi connectivity index (χ3v) is 7.10. The molecule has 1 aromatic rings. The number of alkyl halides is 4. The highest BCUT2D eigenvalue weighted by atomic mass is 79.9. The third kappa shape index (κ3) is 4.56. The van der Waals surface area contributed by atoms with Crippen molar-refractivity contribution in [2.24, 2.45) is 5.92 Å². The maximum atomic E-state index is 12.8. The Kier molecular flexibility index (Phi) is 5.93. The van der Waals surface area contributed by atoms with Crippen LogP contribution in [-0.2, 0) is 14.4 Å². The van der Waals surface area contributed by atoms with Crippen LogP contribution in [0.15, 0.2) is 24.3 Å². The Morgan fingerprint density at radius 1 is 1.32 bits per heavy atom. The third-order valence-electron chi connectivity index (χ3n) is 4.59. The lowest BCUT2D eigenvalue weighted by molar-refractivity contribution is -1.07. The van der Waals surface area contributed by atoms with Gasteiger partial charge in [-0.3, -0.25) is 0 Å². The maximum absolute atomic E-state index is 12.8. The van der Waals surface area contributed by atoms with Crippen molar-refractivity contribution in [1.82, 2.24) is 0 Å². The van der Waals surface area contributed by atoms with E-state index in [-0.39, 0.29) is 29.8 Å². The predicted octanol–water partition coefficient (Wildman–Crippen LogP) is 4.11. The molecule has 9 heteroatoms. The van der Waals surface area contributed by atoms with Gasteiger partial charge in [0.15, 0.2) is 0 Å². The lowest BCUT2D eigenvalue weighted by Crippen LogP contribution is -2.58. The summed E-state index contributed by atoms with van der Waals surface area (Å²) in [5.41, 5.74) is -3.44. The van der Waals surface area contributed by atoms with Crippen molar-refractivity contribution in [3.63, 3.8) is 0 Å². The molecule has 1 aliphatic rings. The smallest absolute Gasteiger partial charge is 0.185 e. The van der Waals surface area contributed by atoms with Crippen molar-refractivity contribution >= 4 is 26.0 Å². The summed E-state index contributed by atoms with van der Waals surface area (Å²) in [4.78, 5) is 0.0303. The first-order valence-electron chi connectivity index (χ1n) is 7.96. The minimum absolute atomic E-state index is 0.0207. The van der Waals surface area contributed by atoms with Gasteiger partial charge in [-0.1, -0.05) is 57.0 Å². The topological polar surface area (TPSA) is 43.4 Å². The van der Waals surface area contributed by atoms with E-state index >= 15 is 0 Å². The van der Waals surface area contributed by atoms with Crippen LogP contribution in [0.3, 0.4) is 0 Å². The number of halogens is 4. The van der Waals surface area contributed by atoms with Gasteiger partial charge in [0.05, 0.1) is 0 Å². The van der Waals surface area contributed by atoms with Crippen LogP contribution in [0.25, 0.3) is 0 Å². The van der Waals surface area contributed by atoms with E-state index in [1.807, 2.05) is 38.1 Å². The zero-order valence-corrected chi connectivity index (χ0v) is 16.7. The van der Waals surface area contributed by atoms with E-state index in [1.54, 1.807) is 0 Å². The zero-order valence-electron chi connectivity index (χ0n) is 14.3. The second kappa shape index (κ2) is 7.17. The van der Waals surface area contributed by atoms with E-state index in [4.69, 9.17) is 0 Å². The van der Waals surface area contributed by atoms with E-state index in [9.17, 15) is 21.6 Å². The first-order valence-corrected chi connectivity index (χ1v) is 10.3. The number of nitrogens with zero attached hydrogens (tertiary/aromatic N) is 1. The Morgan fingerprint density at radius 2 is 1.96 bits per heavy atom. The molecule has 0 aliphatic carbocycles. The van der Waals surface area contributed by atoms with Gasteiger partial charge in [0.25, 0.3) is 0 Å². The highest BCUT2D eigenvalue weighted by molar-refractivity contribution is 9.09. The summed E-state index contributed by atoms with van der Waals surface area (Å²) >= 11 is 3.68. The number of likely N-dealkylation sites (N-methyl/N-ethyl adjacent to an activating group) is 1. The highest BCUT2D eigenvalue weighted by Crippen LogP contribution is 2.41. The summed E-state index contributed by atoms with van der Waals surface area (Å²) in [6, 6.07) is 7.70. The monoisotopic (exact) mass is 444 g/mol. The van der Waals surface area contributed by atoms with Crippen molar-refractivity contribution in [2.75, 3.05) is 20.1 Å². The van der Waals surface area contributed by atoms with Crippen molar-refractivity contribution in [3.8, 4) is 0 Å². The number of aryl methyl sites for hydroxylation is 1. The molecule has 4 nitrogen and oxygen atoms in total. The fourth-order valence-corrected chi connectivity index (χ4v) is 5.09. The molecule has 1 aromatic carbocycles. The van der Waals surface area contributed by atoms with Crippen LogP contribution in [0.4, 0.5) is 13.2 Å². The fourth-order valence-electron chi connectivity index (χ4n) is 3.40. The van der Waals surface area contributed by atoms with Gasteiger partial charge in [0.2, 0.25) is 0 Å². The first kappa shape index (κ1) is 20.7. The van der Waals surface area contributed by atoms with E-state index in [2.05, 4.69) is 20.2 Å². The SMILES string of the molecule is CCC1C[N+](C)(OS(=O)(=O)C(F)(F)F)CC(c2cccc(C)c2)C1Br. The molecule has 0 radical (unpaired) electrons. The summed E-state index contributed by atoms with van der Waals surface area (Å²) in [5.74, 6) is -0.181. The molecule has 0 amide bonds. The largest absolute Gasteiger partial charge is 0.528 e. The summed E-state index contributed by atoms with van der Waals surface area (Å²) in [7, 11) is -4.27. The minimum Gasteiger partial charge on any atom is -0.185 e. The highest BCUT2D eigenvalue weighted by Gasteiger charge is 2.55. The van der Waals surface area contributed by atoms with E-state index in [0.717, 1.165) is 11.1 Å². The van der Waals surface area contributed by atoms with Crippen LogP contribution in [0, 0.1) is 12.8 Å². The number of quaternary nitrogens is 1. The average molecular weight is 445 g/mol. The van der Waals surface area contributed by atoms with E-state index in [1.165, 1.54) is 7.05 Å². The number of hydrogen-bond acceptors (Lipinski definition) is 3. The van der Waals surface area contributed by atoms with Gasteiger partial charge in [0.1, 0.15) is 20.1 Å². The predicted molar refractivity (Wildman–Crippen MR) is 92.4 cm³/mol. The van der Waals surface area contributed by atoms with Gasteiger partial charge in [0, 0.05) is 16.7 Å². The molecule has 25 heavy (non-hydrogen) atoms. The van der Waals surface area contributed by atoms with Gasteiger partial charge >= 0.3 is 15.6 Å². The molecule has 1 fully saturated rings. The first-order chi connectivity index (χ1) is 11.4. The Hall–Kier alpha value is -0.640. The maximum Gasteiger partial charge on any atom is 0.528 e. The molecular formula is C16H22BrF3NO3S+. The van der Waals surface area contributed by atoms with Crippen molar-refractivity contribution in [3.05, 3.63) is 35.4 Å². The number of hydroxylamine groups is 3. The van der Waals surface area contributed by atoms with Crippen molar-refractivity contribution in [2.45, 2.75) is 36.5 Å². The molecule has 0 spiro atoms. The number of rotatable bonds is 4. The summed E-state index contributed by atoms with van der Waals surface area (Å²) in [5, 5.41) is 0. The lowest BCUT2D eigenvalue weighted by Gasteiger charge is -2.44. The van der Waals surface area contributed by atoms with E-state index < -0.39 is 20.3 Å².